The van der Waals surface area contributed by atoms with Gasteiger partial charge in [0, 0.05) is 17.6 Å². The molecule has 0 heterocycles. The quantitative estimate of drug-likeness (QED) is 0.546. The number of nitrogens with one attached hydrogen (secondary N) is 1. The monoisotopic (exact) mass is 456 g/mol. The summed E-state index contributed by atoms with van der Waals surface area (Å²) in [5.74, 6) is 0.319. The molecule has 1 fully saturated rings. The summed E-state index contributed by atoms with van der Waals surface area (Å²) < 4.78 is 5.70. The van der Waals surface area contributed by atoms with E-state index in [-0.39, 0.29) is 24.5 Å². The van der Waals surface area contributed by atoms with Gasteiger partial charge in [-0.3, -0.25) is 9.59 Å². The molecule has 1 unspecified atom stereocenters. The van der Waals surface area contributed by atoms with Gasteiger partial charge in [-0.05, 0) is 55.5 Å². The van der Waals surface area contributed by atoms with Gasteiger partial charge < -0.3 is 15.0 Å². The molecule has 0 aliphatic heterocycles. The van der Waals surface area contributed by atoms with Crippen molar-refractivity contribution in [1.29, 1.82) is 0 Å². The van der Waals surface area contributed by atoms with E-state index < -0.39 is 6.04 Å². The molecule has 6 heteroatoms. The Kier molecular flexibility index (Phi) is 9.42. The highest BCUT2D eigenvalue weighted by atomic mass is 35.5. The number of amides is 2. The first-order valence-electron chi connectivity index (χ1n) is 11.6. The van der Waals surface area contributed by atoms with Crippen LogP contribution >= 0.6 is 11.6 Å². The zero-order valence-corrected chi connectivity index (χ0v) is 19.5. The molecule has 2 amide bonds. The van der Waals surface area contributed by atoms with E-state index in [1.807, 2.05) is 37.3 Å². The third kappa shape index (κ3) is 7.27. The Balaban J connectivity index is 1.68. The van der Waals surface area contributed by atoms with Crippen LogP contribution in [0.5, 0.6) is 5.75 Å². The summed E-state index contributed by atoms with van der Waals surface area (Å²) in [4.78, 5) is 28.0. The van der Waals surface area contributed by atoms with Crippen molar-refractivity contribution >= 4 is 23.4 Å². The molecule has 0 aromatic heterocycles. The lowest BCUT2D eigenvalue weighted by Crippen LogP contribution is -2.53. The van der Waals surface area contributed by atoms with Crippen molar-refractivity contribution < 1.29 is 14.3 Å². The predicted molar refractivity (Wildman–Crippen MR) is 128 cm³/mol. The molecule has 2 aromatic carbocycles. The highest BCUT2D eigenvalue weighted by Crippen LogP contribution is 2.19. The standard InChI is InChI=1S/C26H33ClN2O3/c1-2-24(26(31)28-22-11-7-4-8-12-22)29(18-17-20-9-5-3-6-10-20)25(30)19-32-23-15-13-21(27)14-16-23/h3,5-6,9-10,13-16,22,24H,2,4,7-8,11-12,17-19H2,1H3,(H,28,31). The Labute approximate surface area is 196 Å². The number of rotatable bonds is 10. The third-order valence-electron chi connectivity index (χ3n) is 6.00. The first-order chi connectivity index (χ1) is 15.6. The molecule has 32 heavy (non-hydrogen) atoms. The SMILES string of the molecule is CCC(C(=O)NC1CCCCC1)N(CCc1ccccc1)C(=O)COc1ccc(Cl)cc1. The van der Waals surface area contributed by atoms with Gasteiger partial charge in [-0.25, -0.2) is 0 Å². The predicted octanol–water partition coefficient (Wildman–Crippen LogP) is 5.02. The minimum Gasteiger partial charge on any atom is -0.484 e. The molecule has 0 bridgehead atoms. The highest BCUT2D eigenvalue weighted by molar-refractivity contribution is 6.30. The number of nitrogens with zero attached hydrogens (tertiary/aromatic N) is 1. The third-order valence-corrected chi connectivity index (χ3v) is 6.25. The summed E-state index contributed by atoms with van der Waals surface area (Å²) in [6.07, 6.45) is 6.79. The number of ether oxygens (including phenoxy) is 1. The van der Waals surface area contributed by atoms with Gasteiger partial charge in [-0.2, -0.15) is 0 Å². The molecule has 1 N–H and O–H groups in total. The van der Waals surface area contributed by atoms with E-state index in [1.54, 1.807) is 29.2 Å². The summed E-state index contributed by atoms with van der Waals surface area (Å²) in [7, 11) is 0. The number of carbonyl (C=O) groups excluding carboxylic acids is 2. The van der Waals surface area contributed by atoms with Crippen LogP contribution in [0, 0.1) is 0 Å². The summed E-state index contributed by atoms with van der Waals surface area (Å²) in [6.45, 7) is 2.29. The molecule has 1 atom stereocenters. The lowest BCUT2D eigenvalue weighted by molar-refractivity contribution is -0.142. The molecular weight excluding hydrogens is 424 g/mol. The number of hydrogen-bond donors (Lipinski definition) is 1. The van der Waals surface area contributed by atoms with Gasteiger partial charge in [0.15, 0.2) is 6.61 Å². The zero-order chi connectivity index (χ0) is 22.8. The number of halogens is 1. The normalized spacial score (nSPS) is 15.1. The molecule has 5 nitrogen and oxygen atoms in total. The minimum atomic E-state index is -0.512. The Morgan fingerprint density at radius 2 is 1.75 bits per heavy atom. The molecule has 1 aliphatic carbocycles. The Morgan fingerprint density at radius 1 is 1.06 bits per heavy atom. The molecule has 3 rings (SSSR count). The second-order valence-electron chi connectivity index (χ2n) is 8.33. The van der Waals surface area contributed by atoms with Crippen LogP contribution < -0.4 is 10.1 Å². The van der Waals surface area contributed by atoms with E-state index in [9.17, 15) is 9.59 Å². The van der Waals surface area contributed by atoms with Gasteiger partial charge >= 0.3 is 0 Å². The maximum Gasteiger partial charge on any atom is 0.261 e. The number of hydrogen-bond acceptors (Lipinski definition) is 3. The van der Waals surface area contributed by atoms with Gasteiger partial charge in [0.1, 0.15) is 11.8 Å². The van der Waals surface area contributed by atoms with Gasteiger partial charge in [-0.1, -0.05) is 68.1 Å². The van der Waals surface area contributed by atoms with Crippen molar-refractivity contribution in [2.75, 3.05) is 13.2 Å². The van der Waals surface area contributed by atoms with E-state index in [0.717, 1.165) is 31.2 Å². The molecule has 0 radical (unpaired) electrons. The van der Waals surface area contributed by atoms with E-state index >= 15 is 0 Å². The van der Waals surface area contributed by atoms with Crippen molar-refractivity contribution in [3.05, 3.63) is 65.2 Å². The Hall–Kier alpha value is -2.53. The van der Waals surface area contributed by atoms with Crippen LogP contribution in [0.1, 0.15) is 51.0 Å². The van der Waals surface area contributed by atoms with Crippen molar-refractivity contribution in [3.63, 3.8) is 0 Å². The van der Waals surface area contributed by atoms with Gasteiger partial charge in [0.2, 0.25) is 5.91 Å². The van der Waals surface area contributed by atoms with E-state index in [4.69, 9.17) is 16.3 Å². The Bertz CT molecular complexity index is 851. The van der Waals surface area contributed by atoms with Crippen molar-refractivity contribution in [2.45, 2.75) is 64.0 Å². The van der Waals surface area contributed by atoms with Crippen LogP contribution in [0.4, 0.5) is 0 Å². The van der Waals surface area contributed by atoms with Crippen LogP contribution in [-0.4, -0.2) is 41.9 Å². The average molecular weight is 457 g/mol. The molecule has 1 saturated carbocycles. The topological polar surface area (TPSA) is 58.6 Å². The highest BCUT2D eigenvalue weighted by Gasteiger charge is 2.30. The van der Waals surface area contributed by atoms with Gasteiger partial charge in [0.25, 0.3) is 5.91 Å². The first-order valence-corrected chi connectivity index (χ1v) is 12.0. The van der Waals surface area contributed by atoms with Crippen LogP contribution in [-0.2, 0) is 16.0 Å². The molecule has 0 spiro atoms. The fourth-order valence-electron chi connectivity index (χ4n) is 4.20. The maximum absolute atomic E-state index is 13.2. The molecule has 0 saturated heterocycles. The van der Waals surface area contributed by atoms with Crippen molar-refractivity contribution in [2.24, 2.45) is 0 Å². The smallest absolute Gasteiger partial charge is 0.261 e. The first kappa shape index (κ1) is 24.1. The number of benzene rings is 2. The largest absolute Gasteiger partial charge is 0.484 e. The van der Waals surface area contributed by atoms with Crippen LogP contribution in [0.25, 0.3) is 0 Å². The van der Waals surface area contributed by atoms with E-state index in [0.29, 0.717) is 30.2 Å². The second kappa shape index (κ2) is 12.5. The van der Waals surface area contributed by atoms with E-state index in [1.165, 1.54) is 6.42 Å². The lowest BCUT2D eigenvalue weighted by Gasteiger charge is -2.32. The van der Waals surface area contributed by atoms with Crippen LogP contribution in [0.3, 0.4) is 0 Å². The van der Waals surface area contributed by atoms with Crippen molar-refractivity contribution in [1.82, 2.24) is 10.2 Å². The average Bonchev–Trinajstić information content (AvgIpc) is 2.82. The number of carbonyl (C=O) groups is 2. The second-order valence-corrected chi connectivity index (χ2v) is 8.77. The zero-order valence-electron chi connectivity index (χ0n) is 18.8. The summed E-state index contributed by atoms with van der Waals surface area (Å²) in [5, 5.41) is 3.80. The summed E-state index contributed by atoms with van der Waals surface area (Å²) in [6, 6.07) is 16.6. The fourth-order valence-corrected chi connectivity index (χ4v) is 4.32. The lowest BCUT2D eigenvalue weighted by atomic mass is 9.95. The fraction of sp³-hybridized carbons (Fsp3) is 0.462. The van der Waals surface area contributed by atoms with E-state index in [2.05, 4.69) is 5.32 Å². The summed E-state index contributed by atoms with van der Waals surface area (Å²) in [5.41, 5.74) is 1.13. The van der Waals surface area contributed by atoms with Crippen molar-refractivity contribution in [3.8, 4) is 5.75 Å². The van der Waals surface area contributed by atoms with Crippen LogP contribution in [0.2, 0.25) is 5.02 Å². The van der Waals surface area contributed by atoms with Gasteiger partial charge in [0.05, 0.1) is 0 Å². The molecular formula is C26H33ClN2O3. The van der Waals surface area contributed by atoms with Crippen LogP contribution in [0.15, 0.2) is 54.6 Å². The molecule has 1 aliphatic rings. The molecule has 172 valence electrons. The maximum atomic E-state index is 13.2. The molecule has 2 aromatic rings. The minimum absolute atomic E-state index is 0.0627. The van der Waals surface area contributed by atoms with Gasteiger partial charge in [-0.15, -0.1) is 0 Å². The summed E-state index contributed by atoms with van der Waals surface area (Å²) >= 11 is 5.92. The Morgan fingerprint density at radius 3 is 2.41 bits per heavy atom.